The van der Waals surface area contributed by atoms with Crippen LogP contribution in [-0.2, 0) is 4.79 Å². The highest BCUT2D eigenvalue weighted by molar-refractivity contribution is 5.78. The van der Waals surface area contributed by atoms with E-state index in [2.05, 4.69) is 49.1 Å². The minimum Gasteiger partial charge on any atom is -0.483 e. The van der Waals surface area contributed by atoms with Crippen molar-refractivity contribution in [3.8, 4) is 5.75 Å². The number of rotatable bonds is 4. The van der Waals surface area contributed by atoms with Gasteiger partial charge in [-0.15, -0.1) is 0 Å². The lowest BCUT2D eigenvalue weighted by Gasteiger charge is -2.36. The van der Waals surface area contributed by atoms with Crippen molar-refractivity contribution in [2.24, 2.45) is 0 Å². The lowest BCUT2D eigenvalue weighted by atomic mass is 10.1. The second kappa shape index (κ2) is 7.81. The molecule has 1 aliphatic heterocycles. The molecule has 138 valence electrons. The Bertz CT molecular complexity index is 793. The van der Waals surface area contributed by atoms with Gasteiger partial charge in [-0.1, -0.05) is 24.3 Å². The highest BCUT2D eigenvalue weighted by atomic mass is 16.5. The fraction of sp³-hybridized carbons (Fsp3) is 0.409. The maximum Gasteiger partial charge on any atom is 0.260 e. The van der Waals surface area contributed by atoms with E-state index in [0.29, 0.717) is 0 Å². The largest absolute Gasteiger partial charge is 0.483 e. The number of aryl methyl sites for hydroxylation is 3. The van der Waals surface area contributed by atoms with Gasteiger partial charge in [-0.25, -0.2) is 0 Å². The van der Waals surface area contributed by atoms with Crippen molar-refractivity contribution in [3.63, 3.8) is 0 Å². The van der Waals surface area contributed by atoms with E-state index in [0.717, 1.165) is 43.1 Å². The Balaban J connectivity index is 1.55. The van der Waals surface area contributed by atoms with Crippen molar-refractivity contribution in [3.05, 3.63) is 58.7 Å². The molecule has 1 amide bonds. The Morgan fingerprint density at radius 2 is 1.65 bits per heavy atom. The van der Waals surface area contributed by atoms with Crippen molar-refractivity contribution in [2.75, 3.05) is 37.7 Å². The monoisotopic (exact) mass is 352 g/mol. The van der Waals surface area contributed by atoms with E-state index in [1.54, 1.807) is 0 Å². The summed E-state index contributed by atoms with van der Waals surface area (Å²) >= 11 is 0. The van der Waals surface area contributed by atoms with Gasteiger partial charge in [0.1, 0.15) is 5.75 Å². The molecule has 1 aliphatic rings. The van der Waals surface area contributed by atoms with Crippen LogP contribution in [0.3, 0.4) is 0 Å². The number of benzene rings is 2. The van der Waals surface area contributed by atoms with Crippen LogP contribution >= 0.6 is 0 Å². The molecule has 4 heteroatoms. The number of anilines is 1. The SMILES string of the molecule is Cc1cccc(N2CCN(C(=O)COc3c(C)ccc(C)c3C)CC2)c1. The molecule has 0 unspecified atom stereocenters. The molecule has 2 aromatic carbocycles. The van der Waals surface area contributed by atoms with Crippen LogP contribution in [0, 0.1) is 27.7 Å². The molecular formula is C22H28N2O2. The molecule has 2 aromatic rings. The molecule has 1 saturated heterocycles. The van der Waals surface area contributed by atoms with Crippen LogP contribution in [0.15, 0.2) is 36.4 Å². The molecule has 1 fully saturated rings. The van der Waals surface area contributed by atoms with E-state index in [1.807, 2.05) is 24.8 Å². The van der Waals surface area contributed by atoms with Gasteiger partial charge >= 0.3 is 0 Å². The molecule has 0 atom stereocenters. The third-order valence-electron chi connectivity index (χ3n) is 5.21. The molecule has 1 heterocycles. The molecule has 0 N–H and O–H groups in total. The quantitative estimate of drug-likeness (QED) is 0.842. The fourth-order valence-electron chi connectivity index (χ4n) is 3.41. The van der Waals surface area contributed by atoms with E-state index in [1.165, 1.54) is 16.8 Å². The van der Waals surface area contributed by atoms with Gasteiger partial charge in [0.15, 0.2) is 6.61 Å². The molecule has 3 rings (SSSR count). The number of hydrogen-bond donors (Lipinski definition) is 0. The molecule has 0 radical (unpaired) electrons. The first-order chi connectivity index (χ1) is 12.5. The standard InChI is InChI=1S/C22H28N2O2/c1-16-6-5-7-20(14-16)23-10-12-24(13-11-23)21(25)15-26-22-18(3)9-8-17(2)19(22)4/h5-9,14H,10-13,15H2,1-4H3. The smallest absolute Gasteiger partial charge is 0.260 e. The minimum atomic E-state index is 0.0641. The van der Waals surface area contributed by atoms with E-state index >= 15 is 0 Å². The van der Waals surface area contributed by atoms with Crippen LogP contribution in [0.25, 0.3) is 0 Å². The van der Waals surface area contributed by atoms with E-state index in [4.69, 9.17) is 4.74 Å². The second-order valence-corrected chi connectivity index (χ2v) is 7.15. The summed E-state index contributed by atoms with van der Waals surface area (Å²) in [6, 6.07) is 12.7. The number of ether oxygens (including phenoxy) is 1. The van der Waals surface area contributed by atoms with Crippen molar-refractivity contribution in [1.29, 1.82) is 0 Å². The van der Waals surface area contributed by atoms with Gasteiger partial charge in [0.05, 0.1) is 0 Å². The van der Waals surface area contributed by atoms with Gasteiger partial charge in [0.2, 0.25) is 0 Å². The highest BCUT2D eigenvalue weighted by Crippen LogP contribution is 2.26. The van der Waals surface area contributed by atoms with Gasteiger partial charge in [-0.3, -0.25) is 4.79 Å². The first kappa shape index (κ1) is 18.3. The zero-order valence-corrected chi connectivity index (χ0v) is 16.2. The molecule has 0 saturated carbocycles. The molecule has 26 heavy (non-hydrogen) atoms. The Morgan fingerprint density at radius 1 is 0.962 bits per heavy atom. The molecule has 0 spiro atoms. The molecule has 4 nitrogen and oxygen atoms in total. The first-order valence-electron chi connectivity index (χ1n) is 9.24. The van der Waals surface area contributed by atoms with E-state index in [-0.39, 0.29) is 12.5 Å². The normalized spacial score (nSPS) is 14.5. The third kappa shape index (κ3) is 4.01. The number of hydrogen-bond acceptors (Lipinski definition) is 3. The summed E-state index contributed by atoms with van der Waals surface area (Å²) in [7, 11) is 0. The minimum absolute atomic E-state index is 0.0641. The third-order valence-corrected chi connectivity index (χ3v) is 5.21. The summed E-state index contributed by atoms with van der Waals surface area (Å²) in [6.45, 7) is 11.5. The summed E-state index contributed by atoms with van der Waals surface area (Å²) in [4.78, 5) is 16.8. The Hall–Kier alpha value is -2.49. The van der Waals surface area contributed by atoms with Gasteiger partial charge in [-0.05, 0) is 62.1 Å². The van der Waals surface area contributed by atoms with Gasteiger partial charge in [0, 0.05) is 31.9 Å². The van der Waals surface area contributed by atoms with Crippen molar-refractivity contribution < 1.29 is 9.53 Å². The highest BCUT2D eigenvalue weighted by Gasteiger charge is 2.22. The molecule has 0 aromatic heterocycles. The summed E-state index contributed by atoms with van der Waals surface area (Å²) in [5.41, 5.74) is 5.87. The number of amides is 1. The lowest BCUT2D eigenvalue weighted by molar-refractivity contribution is -0.133. The van der Waals surface area contributed by atoms with Crippen molar-refractivity contribution in [2.45, 2.75) is 27.7 Å². The Morgan fingerprint density at radius 3 is 2.35 bits per heavy atom. The Kier molecular flexibility index (Phi) is 5.50. The number of carbonyl (C=O) groups is 1. The summed E-state index contributed by atoms with van der Waals surface area (Å²) < 4.78 is 5.89. The van der Waals surface area contributed by atoms with Crippen LogP contribution < -0.4 is 9.64 Å². The summed E-state index contributed by atoms with van der Waals surface area (Å²) in [5, 5.41) is 0. The Labute approximate surface area is 156 Å². The fourth-order valence-corrected chi connectivity index (χ4v) is 3.41. The van der Waals surface area contributed by atoms with Gasteiger partial charge in [0.25, 0.3) is 5.91 Å². The predicted molar refractivity (Wildman–Crippen MR) is 106 cm³/mol. The maximum atomic E-state index is 12.6. The molecule has 0 bridgehead atoms. The lowest BCUT2D eigenvalue weighted by Crippen LogP contribution is -2.50. The topological polar surface area (TPSA) is 32.8 Å². The van der Waals surface area contributed by atoms with Crippen molar-refractivity contribution in [1.82, 2.24) is 4.90 Å². The van der Waals surface area contributed by atoms with E-state index < -0.39 is 0 Å². The van der Waals surface area contributed by atoms with Gasteiger partial charge < -0.3 is 14.5 Å². The van der Waals surface area contributed by atoms with Crippen LogP contribution in [0.5, 0.6) is 5.75 Å². The predicted octanol–water partition coefficient (Wildman–Crippen LogP) is 3.65. The zero-order valence-electron chi connectivity index (χ0n) is 16.2. The zero-order chi connectivity index (χ0) is 18.7. The number of piperazine rings is 1. The summed E-state index contributed by atoms with van der Waals surface area (Å²) in [5.74, 6) is 0.908. The average molecular weight is 352 g/mol. The van der Waals surface area contributed by atoms with Crippen LogP contribution in [0.1, 0.15) is 22.3 Å². The van der Waals surface area contributed by atoms with Crippen LogP contribution in [-0.4, -0.2) is 43.6 Å². The molecular weight excluding hydrogens is 324 g/mol. The van der Waals surface area contributed by atoms with Gasteiger partial charge in [-0.2, -0.15) is 0 Å². The summed E-state index contributed by atoms with van der Waals surface area (Å²) in [6.07, 6.45) is 0. The van der Waals surface area contributed by atoms with Crippen molar-refractivity contribution >= 4 is 11.6 Å². The second-order valence-electron chi connectivity index (χ2n) is 7.15. The van der Waals surface area contributed by atoms with E-state index in [9.17, 15) is 4.79 Å². The number of carbonyl (C=O) groups excluding carboxylic acids is 1. The first-order valence-corrected chi connectivity index (χ1v) is 9.24. The maximum absolute atomic E-state index is 12.6. The number of nitrogens with zero attached hydrogens (tertiary/aromatic N) is 2. The molecule has 0 aliphatic carbocycles. The van der Waals surface area contributed by atoms with Crippen LogP contribution in [0.4, 0.5) is 5.69 Å². The average Bonchev–Trinajstić information content (AvgIpc) is 2.65. The van der Waals surface area contributed by atoms with Crippen LogP contribution in [0.2, 0.25) is 0 Å².